The van der Waals surface area contributed by atoms with E-state index in [1.165, 1.54) is 5.56 Å². The number of rotatable bonds is 2. The minimum atomic E-state index is 0.594. The molecule has 2 rings (SSSR count). The summed E-state index contributed by atoms with van der Waals surface area (Å²) in [4.78, 5) is 6.41. The average molecular weight is 254 g/mol. The molecule has 0 fully saturated rings. The van der Waals surface area contributed by atoms with Crippen molar-refractivity contribution in [3.63, 3.8) is 0 Å². The molecule has 0 heterocycles. The zero-order valence-corrected chi connectivity index (χ0v) is 11.2. The molecular weight excluding hydrogens is 236 g/mol. The standard InChI is InChI=1S/C15H18N4/c1-12-7-6-10-14(11-12)19(2)15(18-16)17-13-8-4-3-5-9-13/h3-11H,16H2,1-2H3,(H,17,18). The van der Waals surface area contributed by atoms with E-state index < -0.39 is 0 Å². The second-order valence-electron chi connectivity index (χ2n) is 4.31. The molecule has 19 heavy (non-hydrogen) atoms. The topological polar surface area (TPSA) is 53.6 Å². The highest BCUT2D eigenvalue weighted by atomic mass is 15.4. The Morgan fingerprint density at radius 2 is 1.84 bits per heavy atom. The summed E-state index contributed by atoms with van der Waals surface area (Å²) in [5.41, 5.74) is 5.73. The van der Waals surface area contributed by atoms with Gasteiger partial charge in [0, 0.05) is 12.7 Å². The maximum atomic E-state index is 5.57. The van der Waals surface area contributed by atoms with Gasteiger partial charge in [0.25, 0.3) is 0 Å². The summed E-state index contributed by atoms with van der Waals surface area (Å²) in [6.45, 7) is 2.06. The van der Waals surface area contributed by atoms with Gasteiger partial charge in [-0.2, -0.15) is 0 Å². The van der Waals surface area contributed by atoms with E-state index in [-0.39, 0.29) is 0 Å². The molecule has 4 heteroatoms. The van der Waals surface area contributed by atoms with E-state index in [0.29, 0.717) is 5.96 Å². The molecule has 98 valence electrons. The van der Waals surface area contributed by atoms with Crippen LogP contribution in [-0.2, 0) is 0 Å². The minimum Gasteiger partial charge on any atom is -0.314 e. The van der Waals surface area contributed by atoms with Crippen molar-refractivity contribution in [1.82, 2.24) is 5.43 Å². The van der Waals surface area contributed by atoms with Gasteiger partial charge < -0.3 is 4.90 Å². The zero-order valence-electron chi connectivity index (χ0n) is 11.2. The molecule has 0 saturated heterocycles. The molecule has 0 unspecified atom stereocenters. The van der Waals surface area contributed by atoms with E-state index in [1.54, 1.807) is 0 Å². The molecule has 0 bridgehead atoms. The number of benzene rings is 2. The number of anilines is 1. The molecule has 0 atom stereocenters. The number of nitrogens with two attached hydrogens (primary N) is 1. The maximum absolute atomic E-state index is 5.57. The summed E-state index contributed by atoms with van der Waals surface area (Å²) >= 11 is 0. The van der Waals surface area contributed by atoms with E-state index >= 15 is 0 Å². The summed E-state index contributed by atoms with van der Waals surface area (Å²) in [6, 6.07) is 17.9. The van der Waals surface area contributed by atoms with E-state index in [9.17, 15) is 0 Å². The third-order valence-corrected chi connectivity index (χ3v) is 2.83. The van der Waals surface area contributed by atoms with Gasteiger partial charge >= 0.3 is 0 Å². The van der Waals surface area contributed by atoms with Crippen LogP contribution in [0.3, 0.4) is 0 Å². The van der Waals surface area contributed by atoms with Gasteiger partial charge in [0.15, 0.2) is 0 Å². The summed E-state index contributed by atoms with van der Waals surface area (Å²) in [5, 5.41) is 0. The maximum Gasteiger partial charge on any atom is 0.217 e. The molecule has 0 aliphatic heterocycles. The quantitative estimate of drug-likeness (QED) is 0.375. The first-order valence-electron chi connectivity index (χ1n) is 6.11. The average Bonchev–Trinajstić information content (AvgIpc) is 2.45. The Morgan fingerprint density at radius 1 is 1.11 bits per heavy atom. The number of guanidine groups is 1. The Labute approximate surface area is 113 Å². The first-order valence-corrected chi connectivity index (χ1v) is 6.11. The van der Waals surface area contributed by atoms with Crippen molar-refractivity contribution >= 4 is 17.3 Å². The molecule has 0 saturated carbocycles. The molecule has 2 aromatic rings. The normalized spacial score (nSPS) is 11.2. The van der Waals surface area contributed by atoms with Gasteiger partial charge in [-0.25, -0.2) is 10.8 Å². The van der Waals surface area contributed by atoms with Gasteiger partial charge in [0.2, 0.25) is 5.96 Å². The second-order valence-corrected chi connectivity index (χ2v) is 4.31. The third kappa shape index (κ3) is 3.33. The van der Waals surface area contributed by atoms with Crippen molar-refractivity contribution in [3.05, 3.63) is 60.2 Å². The Balaban J connectivity index is 2.29. The van der Waals surface area contributed by atoms with Crippen molar-refractivity contribution in [2.75, 3.05) is 11.9 Å². The number of hydrazine groups is 1. The number of hydrogen-bond donors (Lipinski definition) is 2. The zero-order chi connectivity index (χ0) is 13.7. The summed E-state index contributed by atoms with van der Waals surface area (Å²) in [5.74, 6) is 6.17. The predicted molar refractivity (Wildman–Crippen MR) is 80.4 cm³/mol. The number of nitrogens with one attached hydrogen (secondary N) is 1. The summed E-state index contributed by atoms with van der Waals surface area (Å²) in [7, 11) is 1.93. The smallest absolute Gasteiger partial charge is 0.217 e. The predicted octanol–water partition coefficient (Wildman–Crippen LogP) is 2.58. The molecule has 0 aliphatic carbocycles. The van der Waals surface area contributed by atoms with Crippen molar-refractivity contribution in [3.8, 4) is 0 Å². The monoisotopic (exact) mass is 254 g/mol. The van der Waals surface area contributed by atoms with E-state index in [0.717, 1.165) is 11.4 Å². The summed E-state index contributed by atoms with van der Waals surface area (Å²) < 4.78 is 0. The Hall–Kier alpha value is -2.33. The van der Waals surface area contributed by atoms with Crippen LogP contribution in [0.15, 0.2) is 59.6 Å². The van der Waals surface area contributed by atoms with Crippen molar-refractivity contribution in [2.24, 2.45) is 10.8 Å². The van der Waals surface area contributed by atoms with Crippen molar-refractivity contribution in [2.45, 2.75) is 6.92 Å². The Bertz CT molecular complexity index is 563. The highest BCUT2D eigenvalue weighted by Crippen LogP contribution is 2.16. The van der Waals surface area contributed by atoms with Crippen LogP contribution in [0.2, 0.25) is 0 Å². The van der Waals surface area contributed by atoms with Gasteiger partial charge in [-0.1, -0.05) is 30.3 Å². The van der Waals surface area contributed by atoms with Crippen LogP contribution in [0.4, 0.5) is 11.4 Å². The van der Waals surface area contributed by atoms with Crippen LogP contribution in [0.25, 0.3) is 0 Å². The second kappa shape index (κ2) is 6.02. The third-order valence-electron chi connectivity index (χ3n) is 2.83. The SMILES string of the molecule is Cc1cccc(N(C)C(=Nc2ccccc2)NN)c1. The molecule has 0 amide bonds. The van der Waals surface area contributed by atoms with Crippen LogP contribution >= 0.6 is 0 Å². The molecule has 4 nitrogen and oxygen atoms in total. The van der Waals surface area contributed by atoms with E-state index in [1.807, 2.05) is 54.4 Å². The molecular formula is C15H18N4. The lowest BCUT2D eigenvalue weighted by Gasteiger charge is -2.21. The molecule has 0 aliphatic rings. The lowest BCUT2D eigenvalue weighted by Crippen LogP contribution is -2.42. The number of aliphatic imine (C=N–C) groups is 1. The summed E-state index contributed by atoms with van der Waals surface area (Å²) in [6.07, 6.45) is 0. The highest BCUT2D eigenvalue weighted by molar-refractivity contribution is 5.96. The fourth-order valence-corrected chi connectivity index (χ4v) is 1.79. The Kier molecular flexibility index (Phi) is 4.15. The van der Waals surface area contributed by atoms with Crippen molar-refractivity contribution in [1.29, 1.82) is 0 Å². The highest BCUT2D eigenvalue weighted by Gasteiger charge is 2.07. The lowest BCUT2D eigenvalue weighted by molar-refractivity contribution is 0.977. The first-order chi connectivity index (χ1) is 9.20. The molecule has 0 aromatic heterocycles. The van der Waals surface area contributed by atoms with E-state index in [4.69, 9.17) is 5.84 Å². The number of para-hydroxylation sites is 1. The fourth-order valence-electron chi connectivity index (χ4n) is 1.79. The molecule has 0 radical (unpaired) electrons. The van der Waals surface area contributed by atoms with Gasteiger partial charge in [-0.05, 0) is 36.8 Å². The number of nitrogens with zero attached hydrogens (tertiary/aromatic N) is 2. The Morgan fingerprint density at radius 3 is 2.47 bits per heavy atom. The van der Waals surface area contributed by atoms with Crippen LogP contribution in [0.5, 0.6) is 0 Å². The van der Waals surface area contributed by atoms with Gasteiger partial charge in [-0.3, -0.25) is 5.43 Å². The van der Waals surface area contributed by atoms with Gasteiger partial charge in [0.1, 0.15) is 0 Å². The number of aryl methyl sites for hydroxylation is 1. The van der Waals surface area contributed by atoms with Gasteiger partial charge in [0.05, 0.1) is 5.69 Å². The molecule has 2 aromatic carbocycles. The fraction of sp³-hybridized carbons (Fsp3) is 0.133. The number of hydrogen-bond acceptors (Lipinski definition) is 2. The van der Waals surface area contributed by atoms with Crippen LogP contribution in [-0.4, -0.2) is 13.0 Å². The minimum absolute atomic E-state index is 0.594. The largest absolute Gasteiger partial charge is 0.314 e. The van der Waals surface area contributed by atoms with Crippen molar-refractivity contribution < 1.29 is 0 Å². The van der Waals surface area contributed by atoms with Crippen LogP contribution in [0, 0.1) is 6.92 Å². The first kappa shape index (κ1) is 13.1. The lowest BCUT2D eigenvalue weighted by atomic mass is 10.2. The van der Waals surface area contributed by atoms with Crippen LogP contribution < -0.4 is 16.2 Å². The molecule has 0 spiro atoms. The van der Waals surface area contributed by atoms with Crippen LogP contribution in [0.1, 0.15) is 5.56 Å². The van der Waals surface area contributed by atoms with Gasteiger partial charge in [-0.15, -0.1) is 0 Å². The van der Waals surface area contributed by atoms with E-state index in [2.05, 4.69) is 29.5 Å². The molecule has 3 N–H and O–H groups in total.